The van der Waals surface area contributed by atoms with Crippen LogP contribution in [0, 0.1) is 13.8 Å². The molecule has 0 spiro atoms. The molecule has 0 saturated heterocycles. The summed E-state index contributed by atoms with van der Waals surface area (Å²) in [5.74, 6) is 1.28. The summed E-state index contributed by atoms with van der Waals surface area (Å²) < 4.78 is 5.72. The quantitative estimate of drug-likeness (QED) is 0.186. The van der Waals surface area contributed by atoms with Crippen molar-refractivity contribution in [2.75, 3.05) is 6.61 Å². The van der Waals surface area contributed by atoms with Gasteiger partial charge in [0.25, 0.3) is 0 Å². The van der Waals surface area contributed by atoms with E-state index in [2.05, 4.69) is 63.2 Å². The predicted molar refractivity (Wildman–Crippen MR) is 126 cm³/mol. The Morgan fingerprint density at radius 2 is 1.57 bits per heavy atom. The average Bonchev–Trinajstić information content (AvgIpc) is 3.01. The molecule has 1 fully saturated rings. The van der Waals surface area contributed by atoms with Gasteiger partial charge in [0.2, 0.25) is 0 Å². The molecule has 4 unspecified atom stereocenters. The van der Waals surface area contributed by atoms with Crippen molar-refractivity contribution in [1.82, 2.24) is 0 Å². The van der Waals surface area contributed by atoms with Crippen LogP contribution >= 0.6 is 23.2 Å². The fourth-order valence-corrected chi connectivity index (χ4v) is 5.62. The summed E-state index contributed by atoms with van der Waals surface area (Å²) in [6, 6.07) is 15.5. The molecule has 30 heavy (non-hydrogen) atoms. The number of ether oxygens (including phenoxy) is 1. The van der Waals surface area contributed by atoms with Crippen molar-refractivity contribution in [3.8, 4) is 5.75 Å². The summed E-state index contributed by atoms with van der Waals surface area (Å²) in [4.78, 5) is 0. The number of halogens is 2. The number of rotatable bonds is 9. The molecule has 1 radical (unpaired) electrons. The molecule has 0 amide bonds. The SMILES string of the molecule is [CH2-]COc1cc(C2C(Cl)CC(Cl)C2c2ccc(CCCCCC)cc2)ccc1C.[Y]. The van der Waals surface area contributed by atoms with Gasteiger partial charge in [0.05, 0.1) is 0 Å². The van der Waals surface area contributed by atoms with E-state index in [0.29, 0.717) is 6.61 Å². The van der Waals surface area contributed by atoms with Gasteiger partial charge in [-0.05, 0) is 61.1 Å². The molecular formula is C26H33Cl2OY-. The number of alkyl halides is 2. The number of hydrogen-bond acceptors (Lipinski definition) is 1. The van der Waals surface area contributed by atoms with Crippen LogP contribution in [0.1, 0.15) is 73.1 Å². The second-order valence-corrected chi connectivity index (χ2v) is 9.37. The van der Waals surface area contributed by atoms with Crippen molar-refractivity contribution in [3.63, 3.8) is 0 Å². The van der Waals surface area contributed by atoms with Crippen LogP contribution < -0.4 is 4.74 Å². The summed E-state index contributed by atoms with van der Waals surface area (Å²) in [6.45, 7) is 8.54. The average molecular weight is 521 g/mol. The topological polar surface area (TPSA) is 9.23 Å². The Kier molecular flexibility index (Phi) is 11.2. The Balaban J connectivity index is 0.00000320. The molecule has 1 aliphatic rings. The van der Waals surface area contributed by atoms with Gasteiger partial charge in [-0.15, -0.1) is 23.2 Å². The van der Waals surface area contributed by atoms with Crippen LogP contribution in [-0.4, -0.2) is 17.4 Å². The minimum absolute atomic E-state index is 0. The van der Waals surface area contributed by atoms with Crippen LogP contribution in [0.5, 0.6) is 5.75 Å². The zero-order valence-electron chi connectivity index (χ0n) is 18.2. The molecule has 2 aromatic rings. The monoisotopic (exact) mass is 520 g/mol. The van der Waals surface area contributed by atoms with Gasteiger partial charge in [0.15, 0.2) is 0 Å². The molecule has 4 heteroatoms. The second kappa shape index (κ2) is 12.8. The van der Waals surface area contributed by atoms with Crippen LogP contribution in [-0.2, 0) is 39.1 Å². The summed E-state index contributed by atoms with van der Waals surface area (Å²) in [5.41, 5.74) is 5.02. The summed E-state index contributed by atoms with van der Waals surface area (Å²) >= 11 is 13.6. The maximum atomic E-state index is 6.82. The Morgan fingerprint density at radius 3 is 2.20 bits per heavy atom. The molecule has 4 atom stereocenters. The third-order valence-electron chi connectivity index (χ3n) is 6.15. The van der Waals surface area contributed by atoms with Gasteiger partial charge < -0.3 is 11.7 Å². The standard InChI is InChI=1S/C26H33Cl2O.Y/c1-4-6-7-8-9-19-11-14-20(15-12-19)25-22(27)17-23(28)26(25)21-13-10-18(3)24(16-21)29-5-2;/h10-16,22-23,25-26H,2,4-9,17H2,1,3H3;/q-1;. The summed E-state index contributed by atoms with van der Waals surface area (Å²) in [5, 5.41) is 0.0583. The molecule has 0 heterocycles. The van der Waals surface area contributed by atoms with Crippen molar-refractivity contribution in [2.45, 2.75) is 75.0 Å². The van der Waals surface area contributed by atoms with E-state index >= 15 is 0 Å². The first-order valence-corrected chi connectivity index (χ1v) is 11.8. The van der Waals surface area contributed by atoms with E-state index in [1.165, 1.54) is 42.4 Å². The summed E-state index contributed by atoms with van der Waals surface area (Å²) in [6.07, 6.45) is 7.14. The van der Waals surface area contributed by atoms with Gasteiger partial charge in [-0.3, -0.25) is 0 Å². The fourth-order valence-electron chi connectivity index (χ4n) is 4.54. The largest absolute Gasteiger partial charge is 0.525 e. The minimum atomic E-state index is 0. The maximum absolute atomic E-state index is 6.82. The van der Waals surface area contributed by atoms with E-state index in [-0.39, 0.29) is 55.3 Å². The molecule has 3 rings (SSSR count). The number of hydrogen-bond donors (Lipinski definition) is 0. The van der Waals surface area contributed by atoms with E-state index in [1.54, 1.807) is 0 Å². The van der Waals surface area contributed by atoms with Crippen LogP contribution in [0.2, 0.25) is 0 Å². The molecule has 0 aromatic heterocycles. The van der Waals surface area contributed by atoms with Gasteiger partial charge in [-0.25, -0.2) is 0 Å². The van der Waals surface area contributed by atoms with E-state index in [9.17, 15) is 0 Å². The van der Waals surface area contributed by atoms with Crippen LogP contribution in [0.15, 0.2) is 42.5 Å². The number of aryl methyl sites for hydroxylation is 2. The molecule has 1 saturated carbocycles. The first-order valence-electron chi connectivity index (χ1n) is 10.9. The molecule has 0 aliphatic heterocycles. The van der Waals surface area contributed by atoms with E-state index in [0.717, 1.165) is 24.2 Å². The van der Waals surface area contributed by atoms with Crippen LogP contribution in [0.4, 0.5) is 0 Å². The fraction of sp³-hybridized carbons (Fsp3) is 0.500. The third-order valence-corrected chi connectivity index (χ3v) is 7.05. The normalized spacial score (nSPS) is 23.2. The van der Waals surface area contributed by atoms with Crippen LogP contribution in [0.25, 0.3) is 0 Å². The minimum Gasteiger partial charge on any atom is -0.525 e. The predicted octanol–water partition coefficient (Wildman–Crippen LogP) is 7.81. The maximum Gasteiger partial charge on any atom is 0.118 e. The first kappa shape index (κ1) is 26.2. The Bertz CT molecular complexity index is 777. The van der Waals surface area contributed by atoms with Gasteiger partial charge >= 0.3 is 0 Å². The smallest absolute Gasteiger partial charge is 0.118 e. The van der Waals surface area contributed by atoms with Crippen LogP contribution in [0.3, 0.4) is 0 Å². The zero-order valence-corrected chi connectivity index (χ0v) is 22.6. The second-order valence-electron chi connectivity index (χ2n) is 8.24. The van der Waals surface area contributed by atoms with Crippen molar-refractivity contribution in [1.29, 1.82) is 0 Å². The summed E-state index contributed by atoms with van der Waals surface area (Å²) in [7, 11) is 0. The van der Waals surface area contributed by atoms with Gasteiger partial charge in [0.1, 0.15) is 5.75 Å². The molecule has 161 valence electrons. The molecule has 1 nitrogen and oxygen atoms in total. The third kappa shape index (κ3) is 6.47. The first-order chi connectivity index (χ1) is 14.0. The molecule has 1 aliphatic carbocycles. The number of benzene rings is 2. The molecular weight excluding hydrogens is 488 g/mol. The van der Waals surface area contributed by atoms with Crippen molar-refractivity contribution in [3.05, 3.63) is 71.6 Å². The van der Waals surface area contributed by atoms with E-state index in [1.807, 2.05) is 0 Å². The van der Waals surface area contributed by atoms with Crippen molar-refractivity contribution >= 4 is 23.2 Å². The molecule has 0 N–H and O–H groups in total. The van der Waals surface area contributed by atoms with Gasteiger partial charge in [0, 0.05) is 55.3 Å². The number of unbranched alkanes of at least 4 members (excludes halogenated alkanes) is 3. The van der Waals surface area contributed by atoms with Gasteiger partial charge in [-0.1, -0.05) is 62.6 Å². The van der Waals surface area contributed by atoms with Crippen molar-refractivity contribution < 1.29 is 37.4 Å². The Labute approximate surface area is 218 Å². The van der Waals surface area contributed by atoms with E-state index < -0.39 is 0 Å². The zero-order chi connectivity index (χ0) is 20.8. The van der Waals surface area contributed by atoms with Gasteiger partial charge in [-0.2, -0.15) is 0 Å². The molecule has 2 aromatic carbocycles. The van der Waals surface area contributed by atoms with E-state index in [4.69, 9.17) is 27.9 Å². The Hall–Kier alpha value is -0.0761. The Morgan fingerprint density at radius 1 is 0.933 bits per heavy atom. The molecule has 0 bridgehead atoms. The van der Waals surface area contributed by atoms with Crippen molar-refractivity contribution in [2.24, 2.45) is 0 Å².